The number of anilines is 2. The van der Waals surface area contributed by atoms with Crippen molar-refractivity contribution in [2.75, 3.05) is 30.9 Å². The van der Waals surface area contributed by atoms with Crippen LogP contribution in [0.25, 0.3) is 5.57 Å². The summed E-state index contributed by atoms with van der Waals surface area (Å²) in [5.74, 6) is 5.80. The lowest BCUT2D eigenvalue weighted by atomic mass is 10.0. The number of nitrogens with one attached hydrogen (secondary N) is 2. The highest BCUT2D eigenvalue weighted by Crippen LogP contribution is 2.37. The first-order valence-electron chi connectivity index (χ1n) is 13.2. The molecule has 10 heteroatoms. The highest BCUT2D eigenvalue weighted by molar-refractivity contribution is 5.98. The largest absolute Gasteiger partial charge is 0.512 e. The van der Waals surface area contributed by atoms with Crippen molar-refractivity contribution in [1.29, 1.82) is 0 Å². The molecule has 0 aliphatic carbocycles. The predicted octanol–water partition coefficient (Wildman–Crippen LogP) is 4.68. The number of benzene rings is 2. The van der Waals surface area contributed by atoms with Gasteiger partial charge in [-0.3, -0.25) is 4.79 Å². The molecule has 0 saturated carbocycles. The standard InChI is InChI=1S/C31H36N6O4/c1-20(24-11-8-16-33-31(24)40-4)12-15-27(38)21(2)29-36-25-14-13-23(17-26(25)37(29)3)30(39)35-19-28(41-32)34-18-22-9-6-5-7-10-22/h5-17,21,29,36,38H,18-19,32H2,1-4H3,(H,35,39)/b20-12+,27-15+,34-28?. The maximum atomic E-state index is 12.9. The van der Waals surface area contributed by atoms with Crippen molar-refractivity contribution in [3.8, 4) is 5.88 Å². The zero-order valence-electron chi connectivity index (χ0n) is 23.7. The zero-order chi connectivity index (χ0) is 29.4. The number of amides is 1. The highest BCUT2D eigenvalue weighted by atomic mass is 16.6. The fourth-order valence-corrected chi connectivity index (χ4v) is 4.58. The van der Waals surface area contributed by atoms with Gasteiger partial charge in [-0.2, -0.15) is 5.90 Å². The molecule has 214 valence electrons. The number of fused-ring (bicyclic) bond motifs is 1. The maximum absolute atomic E-state index is 12.9. The van der Waals surface area contributed by atoms with Gasteiger partial charge in [0.05, 0.1) is 43.3 Å². The molecule has 0 radical (unpaired) electrons. The topological polar surface area (TPSA) is 134 Å². The van der Waals surface area contributed by atoms with Gasteiger partial charge >= 0.3 is 0 Å². The molecule has 0 bridgehead atoms. The van der Waals surface area contributed by atoms with Gasteiger partial charge in [-0.1, -0.05) is 43.3 Å². The summed E-state index contributed by atoms with van der Waals surface area (Å²) in [6.07, 6.45) is 4.99. The Labute approximate surface area is 240 Å². The van der Waals surface area contributed by atoms with Crippen molar-refractivity contribution >= 4 is 28.8 Å². The number of rotatable bonds is 10. The molecule has 4 rings (SSSR count). The van der Waals surface area contributed by atoms with Gasteiger partial charge in [-0.25, -0.2) is 9.98 Å². The Hall–Kier alpha value is -4.83. The van der Waals surface area contributed by atoms with Crippen LogP contribution < -0.4 is 26.2 Å². The molecule has 1 aliphatic heterocycles. The lowest BCUT2D eigenvalue weighted by Crippen LogP contribution is -2.39. The number of nitrogens with two attached hydrogens (primary N) is 1. The van der Waals surface area contributed by atoms with Crippen LogP contribution in [0.1, 0.15) is 35.3 Å². The van der Waals surface area contributed by atoms with Crippen LogP contribution in [-0.4, -0.2) is 48.8 Å². The molecule has 10 nitrogen and oxygen atoms in total. The molecule has 2 atom stereocenters. The van der Waals surface area contributed by atoms with E-state index in [2.05, 4.69) is 20.6 Å². The van der Waals surface area contributed by atoms with Gasteiger partial charge in [0.2, 0.25) is 11.8 Å². The van der Waals surface area contributed by atoms with E-state index < -0.39 is 0 Å². The summed E-state index contributed by atoms with van der Waals surface area (Å²) >= 11 is 0. The van der Waals surface area contributed by atoms with Gasteiger partial charge < -0.3 is 30.2 Å². The number of carbonyl (C=O) groups excluding carboxylic acids is 1. The molecule has 2 heterocycles. The summed E-state index contributed by atoms with van der Waals surface area (Å²) in [4.78, 5) is 28.4. The van der Waals surface area contributed by atoms with E-state index in [1.165, 1.54) is 0 Å². The van der Waals surface area contributed by atoms with E-state index >= 15 is 0 Å². The lowest BCUT2D eigenvalue weighted by molar-refractivity contribution is 0.0956. The molecule has 5 N–H and O–H groups in total. The lowest BCUT2D eigenvalue weighted by Gasteiger charge is -2.27. The number of pyridine rings is 1. The number of carbonyl (C=O) groups is 1. The van der Waals surface area contributed by atoms with E-state index in [1.807, 2.05) is 86.5 Å². The van der Waals surface area contributed by atoms with Crippen molar-refractivity contribution in [3.05, 3.63) is 101 Å². The molecular weight excluding hydrogens is 520 g/mol. The zero-order valence-corrected chi connectivity index (χ0v) is 23.7. The molecule has 0 fully saturated rings. The predicted molar refractivity (Wildman–Crippen MR) is 162 cm³/mol. The Balaban J connectivity index is 1.40. The second-order valence-electron chi connectivity index (χ2n) is 9.72. The van der Waals surface area contributed by atoms with Crippen LogP contribution in [-0.2, 0) is 11.4 Å². The smallest absolute Gasteiger partial charge is 0.251 e. The van der Waals surface area contributed by atoms with Gasteiger partial charge in [0.15, 0.2) is 0 Å². The molecular formula is C31H36N6O4. The third kappa shape index (κ3) is 7.03. The van der Waals surface area contributed by atoms with Crippen molar-refractivity contribution in [3.63, 3.8) is 0 Å². The summed E-state index contributed by atoms with van der Waals surface area (Å²) in [5, 5.41) is 17.2. The first-order chi connectivity index (χ1) is 19.8. The van der Waals surface area contributed by atoms with Crippen molar-refractivity contribution in [2.45, 2.75) is 26.6 Å². The number of aliphatic hydroxyl groups is 1. The number of aliphatic imine (C=N–C) groups is 1. The normalized spacial score (nSPS) is 16.1. The average molecular weight is 557 g/mol. The molecule has 0 spiro atoms. The van der Waals surface area contributed by atoms with Crippen molar-refractivity contribution in [2.24, 2.45) is 16.8 Å². The molecule has 0 saturated heterocycles. The number of aliphatic hydroxyl groups excluding tert-OH is 1. The number of methoxy groups -OCH3 is 1. The maximum Gasteiger partial charge on any atom is 0.251 e. The van der Waals surface area contributed by atoms with Crippen LogP contribution >= 0.6 is 0 Å². The number of hydrogen-bond donors (Lipinski definition) is 4. The molecule has 2 unspecified atom stereocenters. The van der Waals surface area contributed by atoms with E-state index in [4.69, 9.17) is 15.5 Å². The van der Waals surface area contributed by atoms with Crippen molar-refractivity contribution in [1.82, 2.24) is 10.3 Å². The van der Waals surface area contributed by atoms with Crippen molar-refractivity contribution < 1.29 is 19.5 Å². The van der Waals surface area contributed by atoms with Crippen LogP contribution in [0.2, 0.25) is 0 Å². The van der Waals surface area contributed by atoms with Crippen LogP contribution in [0.4, 0.5) is 11.4 Å². The van der Waals surface area contributed by atoms with Gasteiger partial charge in [0.25, 0.3) is 5.91 Å². The van der Waals surface area contributed by atoms with Gasteiger partial charge in [-0.15, -0.1) is 0 Å². The number of hydrogen-bond acceptors (Lipinski definition) is 9. The van der Waals surface area contributed by atoms with Gasteiger partial charge in [-0.05, 0) is 54.5 Å². The van der Waals surface area contributed by atoms with Crippen LogP contribution in [0.5, 0.6) is 5.88 Å². The summed E-state index contributed by atoms with van der Waals surface area (Å²) < 4.78 is 5.34. The van der Waals surface area contributed by atoms with Crippen LogP contribution in [0.15, 0.2) is 89.8 Å². The highest BCUT2D eigenvalue weighted by Gasteiger charge is 2.32. The molecule has 2 aromatic carbocycles. The second kappa shape index (κ2) is 13.5. The molecule has 3 aromatic rings. The number of allylic oxidation sites excluding steroid dienone is 3. The Morgan fingerprint density at radius 2 is 2.00 bits per heavy atom. The van der Waals surface area contributed by atoms with E-state index in [-0.39, 0.29) is 36.2 Å². The van der Waals surface area contributed by atoms with E-state index in [0.717, 1.165) is 28.1 Å². The van der Waals surface area contributed by atoms with Gasteiger partial charge in [0, 0.05) is 24.4 Å². The monoisotopic (exact) mass is 556 g/mol. The summed E-state index contributed by atoms with van der Waals surface area (Å²) in [7, 11) is 3.50. The fraction of sp³-hybridized carbons (Fsp3) is 0.258. The van der Waals surface area contributed by atoms with E-state index in [1.54, 1.807) is 25.4 Å². The van der Waals surface area contributed by atoms with Crippen LogP contribution in [0.3, 0.4) is 0 Å². The SMILES string of the molecule is COc1ncccc1/C(C)=C/C=C(/O)C(C)C1Nc2ccc(C(=O)NCC(=NCc3ccccc3)ON)cc2N1C. The third-order valence-electron chi connectivity index (χ3n) is 7.01. The quantitative estimate of drug-likeness (QED) is 0.0930. The Bertz CT molecular complexity index is 1450. The van der Waals surface area contributed by atoms with E-state index in [9.17, 15) is 9.90 Å². The fourth-order valence-electron chi connectivity index (χ4n) is 4.58. The van der Waals surface area contributed by atoms with E-state index in [0.29, 0.717) is 18.0 Å². The minimum atomic E-state index is -0.281. The Morgan fingerprint density at radius 1 is 1.22 bits per heavy atom. The first-order valence-corrected chi connectivity index (χ1v) is 13.2. The van der Waals surface area contributed by atoms with Crippen LogP contribution in [0, 0.1) is 5.92 Å². The summed E-state index contributed by atoms with van der Waals surface area (Å²) in [5.41, 5.74) is 4.97. The summed E-state index contributed by atoms with van der Waals surface area (Å²) in [6.45, 7) is 4.33. The summed E-state index contributed by atoms with van der Waals surface area (Å²) in [6, 6.07) is 18.9. The number of nitrogens with zero attached hydrogens (tertiary/aromatic N) is 3. The minimum absolute atomic E-state index is 0.0590. The average Bonchev–Trinajstić information content (AvgIpc) is 3.34. The Morgan fingerprint density at radius 3 is 2.73 bits per heavy atom. The number of ether oxygens (including phenoxy) is 1. The molecule has 1 aliphatic rings. The van der Waals surface area contributed by atoms with Gasteiger partial charge in [0.1, 0.15) is 6.17 Å². The first kappa shape index (κ1) is 29.2. The minimum Gasteiger partial charge on any atom is -0.512 e. The molecule has 1 aromatic heterocycles. The molecule has 41 heavy (non-hydrogen) atoms. The second-order valence-corrected chi connectivity index (χ2v) is 9.72. The molecule has 1 amide bonds. The third-order valence-corrected chi connectivity index (χ3v) is 7.01. The number of aromatic nitrogens is 1. The Kier molecular flexibility index (Phi) is 9.60.